The Morgan fingerprint density at radius 3 is 3.20 bits per heavy atom. The molecular weight excluding hydrogens is 126 g/mol. The predicted octanol–water partition coefficient (Wildman–Crippen LogP) is 0.388. The third kappa shape index (κ3) is 2.38. The van der Waals surface area contributed by atoms with Gasteiger partial charge in [-0.2, -0.15) is 0 Å². The molecule has 1 aliphatic heterocycles. The lowest BCUT2D eigenvalue weighted by Gasteiger charge is -2.05. The molecule has 1 aliphatic rings. The molecule has 0 aromatic rings. The smallest absolute Gasteiger partial charge is 0.108 e. The highest BCUT2D eigenvalue weighted by atomic mass is 16.5. The highest BCUT2D eigenvalue weighted by Crippen LogP contribution is 2.01. The first kappa shape index (κ1) is 7.59. The summed E-state index contributed by atoms with van der Waals surface area (Å²) in [4.78, 5) is 0. The van der Waals surface area contributed by atoms with E-state index in [9.17, 15) is 0 Å². The molecule has 0 spiro atoms. The molecule has 1 rings (SSSR count). The van der Waals surface area contributed by atoms with Gasteiger partial charge < -0.3 is 10.1 Å². The van der Waals surface area contributed by atoms with Crippen molar-refractivity contribution in [3.05, 3.63) is 0 Å². The average Bonchev–Trinajstić information content (AvgIpc) is 2.41. The van der Waals surface area contributed by atoms with Crippen molar-refractivity contribution in [2.75, 3.05) is 19.7 Å². The van der Waals surface area contributed by atoms with Crippen LogP contribution in [-0.4, -0.2) is 25.8 Å². The molecule has 0 radical (unpaired) electrons. The molecule has 1 unspecified atom stereocenters. The largest absolute Gasteiger partial charge is 0.364 e. The third-order valence-corrected chi connectivity index (χ3v) is 1.58. The molecule has 10 heavy (non-hydrogen) atoms. The molecule has 56 valence electrons. The van der Waals surface area contributed by atoms with E-state index in [4.69, 9.17) is 4.74 Å². The summed E-state index contributed by atoms with van der Waals surface area (Å²) in [5, 5.41) is 3.23. The lowest BCUT2D eigenvalue weighted by atomic mass is 10.3. The fourth-order valence-electron chi connectivity index (χ4n) is 1.00. The highest BCUT2D eigenvalue weighted by molar-refractivity contribution is 4.95. The van der Waals surface area contributed by atoms with Gasteiger partial charge in [0.1, 0.15) is 6.61 Å². The molecule has 1 heterocycles. The van der Waals surface area contributed by atoms with Crippen molar-refractivity contribution in [1.82, 2.24) is 5.32 Å². The Morgan fingerprint density at radius 2 is 2.60 bits per heavy atom. The highest BCUT2D eigenvalue weighted by Gasteiger charge is 2.13. The van der Waals surface area contributed by atoms with Crippen LogP contribution in [0.25, 0.3) is 0 Å². The maximum atomic E-state index is 5.41. The van der Waals surface area contributed by atoms with E-state index in [1.165, 1.54) is 0 Å². The minimum atomic E-state index is 0.404. The van der Waals surface area contributed by atoms with E-state index in [1.54, 1.807) is 0 Å². The van der Waals surface area contributed by atoms with Crippen molar-refractivity contribution < 1.29 is 4.74 Å². The lowest BCUT2D eigenvalue weighted by molar-refractivity contribution is 0.0933. The Hall–Kier alpha value is -0.520. The number of ether oxygens (including phenoxy) is 1. The summed E-state index contributed by atoms with van der Waals surface area (Å²) in [6, 6.07) is 0. The molecule has 0 aliphatic carbocycles. The number of rotatable bonds is 2. The van der Waals surface area contributed by atoms with Crippen LogP contribution in [0.1, 0.15) is 13.3 Å². The molecule has 0 amide bonds. The summed E-state index contributed by atoms with van der Waals surface area (Å²) in [6.45, 7) is 4.49. The molecule has 1 fully saturated rings. The van der Waals surface area contributed by atoms with E-state index < -0.39 is 0 Å². The van der Waals surface area contributed by atoms with Crippen LogP contribution in [0.15, 0.2) is 0 Å². The van der Waals surface area contributed by atoms with Crippen molar-refractivity contribution in [3.63, 3.8) is 0 Å². The summed E-state index contributed by atoms with van der Waals surface area (Å²) < 4.78 is 5.41. The summed E-state index contributed by atoms with van der Waals surface area (Å²) in [6.07, 6.45) is 1.53. The molecular formula is C8H13NO. The van der Waals surface area contributed by atoms with Gasteiger partial charge in [0.15, 0.2) is 0 Å². The van der Waals surface area contributed by atoms with E-state index >= 15 is 0 Å². The second-order valence-corrected chi connectivity index (χ2v) is 2.35. The van der Waals surface area contributed by atoms with Crippen molar-refractivity contribution in [1.29, 1.82) is 0 Å². The molecule has 0 saturated carbocycles. The maximum Gasteiger partial charge on any atom is 0.108 e. The number of hydrogen-bond donors (Lipinski definition) is 1. The lowest BCUT2D eigenvalue weighted by Crippen LogP contribution is -2.16. The van der Waals surface area contributed by atoms with Gasteiger partial charge in [0, 0.05) is 6.54 Å². The van der Waals surface area contributed by atoms with Crippen LogP contribution in [0.3, 0.4) is 0 Å². The minimum Gasteiger partial charge on any atom is -0.364 e. The second-order valence-electron chi connectivity index (χ2n) is 2.35. The molecule has 1 saturated heterocycles. The van der Waals surface area contributed by atoms with Gasteiger partial charge in [-0.3, -0.25) is 0 Å². The van der Waals surface area contributed by atoms with Gasteiger partial charge in [0.2, 0.25) is 0 Å². The third-order valence-electron chi connectivity index (χ3n) is 1.58. The normalized spacial score (nSPS) is 23.9. The molecule has 1 atom stereocenters. The van der Waals surface area contributed by atoms with E-state index in [2.05, 4.69) is 17.2 Å². The summed E-state index contributed by atoms with van der Waals surface area (Å²) >= 11 is 0. The molecule has 0 aromatic carbocycles. The van der Waals surface area contributed by atoms with Crippen LogP contribution >= 0.6 is 0 Å². The van der Waals surface area contributed by atoms with Gasteiger partial charge in [-0.25, -0.2) is 0 Å². The Balaban J connectivity index is 2.05. The molecule has 1 N–H and O–H groups in total. The van der Waals surface area contributed by atoms with Crippen LogP contribution < -0.4 is 5.32 Å². The van der Waals surface area contributed by atoms with E-state index in [1.807, 2.05) is 6.92 Å². The zero-order chi connectivity index (χ0) is 7.23. The van der Waals surface area contributed by atoms with Crippen LogP contribution in [0.4, 0.5) is 0 Å². The maximum absolute atomic E-state index is 5.41. The molecule has 2 nitrogen and oxygen atoms in total. The van der Waals surface area contributed by atoms with Crippen molar-refractivity contribution in [2.24, 2.45) is 0 Å². The summed E-state index contributed by atoms with van der Waals surface area (Å²) in [5.41, 5.74) is 0. The average molecular weight is 139 g/mol. The monoisotopic (exact) mass is 139 g/mol. The summed E-state index contributed by atoms with van der Waals surface area (Å²) in [7, 11) is 0. The summed E-state index contributed by atoms with van der Waals surface area (Å²) in [5.74, 6) is 5.67. The second kappa shape index (κ2) is 4.32. The first-order valence-electron chi connectivity index (χ1n) is 3.65. The van der Waals surface area contributed by atoms with Gasteiger partial charge in [-0.15, -0.1) is 5.92 Å². The van der Waals surface area contributed by atoms with Crippen molar-refractivity contribution in [3.8, 4) is 11.8 Å². The van der Waals surface area contributed by atoms with Gasteiger partial charge in [-0.05, 0) is 19.9 Å². The van der Waals surface area contributed by atoms with Crippen LogP contribution in [0.5, 0.6) is 0 Å². The molecule has 0 bridgehead atoms. The fraction of sp³-hybridized carbons (Fsp3) is 0.750. The minimum absolute atomic E-state index is 0.404. The van der Waals surface area contributed by atoms with E-state index in [0.717, 1.165) is 19.5 Å². The standard InChI is InChI=1S/C8H13NO/c1-2-3-6-10-8-4-5-9-7-8/h8-9H,4-7H2,1H3. The van der Waals surface area contributed by atoms with Gasteiger partial charge in [0.25, 0.3) is 0 Å². The molecule has 2 heteroatoms. The van der Waals surface area contributed by atoms with Crippen molar-refractivity contribution >= 4 is 0 Å². The fourth-order valence-corrected chi connectivity index (χ4v) is 1.00. The molecule has 0 aromatic heterocycles. The predicted molar refractivity (Wildman–Crippen MR) is 40.7 cm³/mol. The van der Waals surface area contributed by atoms with Crippen molar-refractivity contribution in [2.45, 2.75) is 19.4 Å². The van der Waals surface area contributed by atoms with Crippen LogP contribution in [0, 0.1) is 11.8 Å². The Kier molecular flexibility index (Phi) is 3.28. The van der Waals surface area contributed by atoms with Gasteiger partial charge >= 0.3 is 0 Å². The first-order valence-corrected chi connectivity index (χ1v) is 3.65. The van der Waals surface area contributed by atoms with Gasteiger partial charge in [0.05, 0.1) is 6.10 Å². The van der Waals surface area contributed by atoms with Gasteiger partial charge in [-0.1, -0.05) is 5.92 Å². The number of nitrogens with one attached hydrogen (secondary N) is 1. The zero-order valence-corrected chi connectivity index (χ0v) is 6.31. The number of hydrogen-bond acceptors (Lipinski definition) is 2. The topological polar surface area (TPSA) is 21.3 Å². The van der Waals surface area contributed by atoms with Crippen LogP contribution in [0.2, 0.25) is 0 Å². The van der Waals surface area contributed by atoms with Crippen LogP contribution in [-0.2, 0) is 4.74 Å². The Labute approximate surface area is 62.0 Å². The van der Waals surface area contributed by atoms with E-state index in [0.29, 0.717) is 12.7 Å². The quantitative estimate of drug-likeness (QED) is 0.559. The van der Waals surface area contributed by atoms with E-state index in [-0.39, 0.29) is 0 Å². The Bertz CT molecular complexity index is 139. The Morgan fingerprint density at radius 1 is 1.70 bits per heavy atom. The first-order chi connectivity index (χ1) is 4.93. The zero-order valence-electron chi connectivity index (χ0n) is 6.31. The SMILES string of the molecule is CC#CCOC1CCNC1.